The first-order valence-electron chi connectivity index (χ1n) is 9.49. The Morgan fingerprint density at radius 3 is 2.89 bits per heavy atom. The van der Waals surface area contributed by atoms with Crippen LogP contribution in [0.1, 0.15) is 41.4 Å². The second-order valence-electron chi connectivity index (χ2n) is 6.77. The number of aromatic nitrogens is 1. The first-order chi connectivity index (χ1) is 13.3. The number of aryl methyl sites for hydroxylation is 2. The Labute approximate surface area is 164 Å². The largest absolute Gasteiger partial charge is 0.485 e. The fourth-order valence-corrected chi connectivity index (χ4v) is 4.15. The van der Waals surface area contributed by atoms with Crippen LogP contribution in [-0.4, -0.2) is 11.5 Å². The zero-order chi connectivity index (χ0) is 18.5. The lowest BCUT2D eigenvalue weighted by atomic mass is 9.97. The maximum absolute atomic E-state index is 6.20. The highest BCUT2D eigenvalue weighted by Gasteiger charge is 2.21. The summed E-state index contributed by atoms with van der Waals surface area (Å²) in [5, 5.41) is 0.691. The van der Waals surface area contributed by atoms with E-state index in [1.54, 1.807) is 11.3 Å². The molecule has 0 amide bonds. The second-order valence-corrected chi connectivity index (χ2v) is 7.84. The van der Waals surface area contributed by atoms with Gasteiger partial charge in [-0.05, 0) is 68.0 Å². The molecule has 140 valence electrons. The van der Waals surface area contributed by atoms with Gasteiger partial charge in [0.1, 0.15) is 17.6 Å². The van der Waals surface area contributed by atoms with Crippen LogP contribution in [0.3, 0.4) is 0 Å². The standard InChI is InChI=1S/C22H24N2O2S/c23-13-5-4-8-19-15-24-22(27-19)25-18-10-12-21-17(14-18)9-11-20(26-21)16-6-2-1-3-7-16/h1-3,6-7,10,12,14-15,20H,4-5,8-9,11,13,23H2. The summed E-state index contributed by atoms with van der Waals surface area (Å²) in [5.41, 5.74) is 7.97. The minimum Gasteiger partial charge on any atom is -0.485 e. The summed E-state index contributed by atoms with van der Waals surface area (Å²) in [6.45, 7) is 0.741. The van der Waals surface area contributed by atoms with Crippen LogP contribution in [0.4, 0.5) is 0 Å². The fourth-order valence-electron chi connectivity index (χ4n) is 3.33. The summed E-state index contributed by atoms with van der Waals surface area (Å²) >= 11 is 1.61. The quantitative estimate of drug-likeness (QED) is 0.566. The summed E-state index contributed by atoms with van der Waals surface area (Å²) in [6.07, 6.45) is 7.14. The zero-order valence-electron chi connectivity index (χ0n) is 15.3. The van der Waals surface area contributed by atoms with Gasteiger partial charge in [0.25, 0.3) is 5.19 Å². The van der Waals surface area contributed by atoms with Crippen LogP contribution >= 0.6 is 11.3 Å². The molecule has 2 N–H and O–H groups in total. The molecule has 5 heteroatoms. The van der Waals surface area contributed by atoms with Gasteiger partial charge in [0.15, 0.2) is 0 Å². The molecule has 2 aromatic carbocycles. The molecule has 0 fully saturated rings. The van der Waals surface area contributed by atoms with Gasteiger partial charge in [-0.15, -0.1) is 0 Å². The van der Waals surface area contributed by atoms with Gasteiger partial charge in [-0.3, -0.25) is 0 Å². The first-order valence-corrected chi connectivity index (χ1v) is 10.3. The fraction of sp³-hybridized carbons (Fsp3) is 0.318. The van der Waals surface area contributed by atoms with E-state index < -0.39 is 0 Å². The van der Waals surface area contributed by atoms with E-state index in [1.807, 2.05) is 24.4 Å². The Balaban J connectivity index is 1.41. The Morgan fingerprint density at radius 2 is 2.04 bits per heavy atom. The van der Waals surface area contributed by atoms with E-state index in [2.05, 4.69) is 35.3 Å². The first kappa shape index (κ1) is 18.0. The molecule has 4 nitrogen and oxygen atoms in total. The van der Waals surface area contributed by atoms with Crippen molar-refractivity contribution in [2.45, 2.75) is 38.2 Å². The third-order valence-corrected chi connectivity index (χ3v) is 5.70. The Kier molecular flexibility index (Phi) is 5.70. The van der Waals surface area contributed by atoms with E-state index in [0.29, 0.717) is 5.19 Å². The van der Waals surface area contributed by atoms with Crippen molar-refractivity contribution in [1.82, 2.24) is 4.98 Å². The van der Waals surface area contributed by atoms with E-state index >= 15 is 0 Å². The highest BCUT2D eigenvalue weighted by molar-refractivity contribution is 7.13. The predicted molar refractivity (Wildman–Crippen MR) is 109 cm³/mol. The highest BCUT2D eigenvalue weighted by atomic mass is 32.1. The van der Waals surface area contributed by atoms with Crippen LogP contribution in [0.2, 0.25) is 0 Å². The third-order valence-electron chi connectivity index (χ3n) is 4.76. The minimum absolute atomic E-state index is 0.125. The summed E-state index contributed by atoms with van der Waals surface area (Å²) < 4.78 is 12.2. The molecule has 0 aliphatic carbocycles. The number of benzene rings is 2. The Morgan fingerprint density at radius 1 is 1.15 bits per heavy atom. The monoisotopic (exact) mass is 380 g/mol. The van der Waals surface area contributed by atoms with Crippen LogP contribution in [-0.2, 0) is 12.8 Å². The molecule has 0 bridgehead atoms. The van der Waals surface area contributed by atoms with Crippen molar-refractivity contribution in [3.63, 3.8) is 0 Å². The summed E-state index contributed by atoms with van der Waals surface area (Å²) in [4.78, 5) is 5.63. The summed E-state index contributed by atoms with van der Waals surface area (Å²) in [7, 11) is 0. The molecule has 0 saturated heterocycles. The zero-order valence-corrected chi connectivity index (χ0v) is 16.1. The van der Waals surface area contributed by atoms with Crippen LogP contribution in [0.15, 0.2) is 54.7 Å². The molecule has 0 saturated carbocycles. The molecule has 0 radical (unpaired) electrons. The number of thiazole rings is 1. The SMILES string of the molecule is NCCCCc1cnc(Oc2ccc3c(c2)CCC(c2ccccc2)O3)s1. The lowest BCUT2D eigenvalue weighted by molar-refractivity contribution is 0.176. The van der Waals surface area contributed by atoms with Crippen LogP contribution in [0, 0.1) is 0 Å². The molecule has 4 rings (SSSR count). The number of ether oxygens (including phenoxy) is 2. The average molecular weight is 381 g/mol. The van der Waals surface area contributed by atoms with E-state index in [0.717, 1.165) is 50.1 Å². The molecule has 1 aromatic heterocycles. The predicted octanol–water partition coefficient (Wildman–Crippen LogP) is 5.28. The lowest BCUT2D eigenvalue weighted by Crippen LogP contribution is -2.15. The maximum Gasteiger partial charge on any atom is 0.278 e. The number of rotatable bonds is 7. The van der Waals surface area contributed by atoms with Gasteiger partial charge < -0.3 is 15.2 Å². The Hall–Kier alpha value is -2.37. The molecule has 1 unspecified atom stereocenters. The van der Waals surface area contributed by atoms with Crippen LogP contribution < -0.4 is 15.2 Å². The maximum atomic E-state index is 6.20. The third kappa shape index (κ3) is 4.49. The lowest BCUT2D eigenvalue weighted by Gasteiger charge is -2.26. The molecular formula is C22H24N2O2S. The smallest absolute Gasteiger partial charge is 0.278 e. The molecule has 0 spiro atoms. The average Bonchev–Trinajstić information content (AvgIpc) is 3.15. The Bertz CT molecular complexity index is 879. The normalized spacial score (nSPS) is 15.8. The molecule has 3 aromatic rings. The van der Waals surface area contributed by atoms with Crippen molar-refractivity contribution in [3.05, 3.63) is 70.7 Å². The van der Waals surface area contributed by atoms with Crippen LogP contribution in [0.5, 0.6) is 16.7 Å². The van der Waals surface area contributed by atoms with E-state index in [4.69, 9.17) is 15.2 Å². The van der Waals surface area contributed by atoms with E-state index in [9.17, 15) is 0 Å². The van der Waals surface area contributed by atoms with Crippen molar-refractivity contribution in [2.75, 3.05) is 6.54 Å². The number of hydrogen-bond acceptors (Lipinski definition) is 5. The number of nitrogens with two attached hydrogens (primary N) is 1. The van der Waals surface area contributed by atoms with Crippen molar-refractivity contribution < 1.29 is 9.47 Å². The number of unbranched alkanes of at least 4 members (excludes halogenated alkanes) is 1. The van der Waals surface area contributed by atoms with E-state index in [1.165, 1.54) is 16.0 Å². The molecule has 1 atom stereocenters. The van der Waals surface area contributed by atoms with Crippen LogP contribution in [0.25, 0.3) is 0 Å². The minimum atomic E-state index is 0.125. The van der Waals surface area contributed by atoms with Gasteiger partial charge in [-0.1, -0.05) is 41.7 Å². The molecular weight excluding hydrogens is 356 g/mol. The molecule has 27 heavy (non-hydrogen) atoms. The number of nitrogens with zero attached hydrogens (tertiary/aromatic N) is 1. The highest BCUT2D eigenvalue weighted by Crippen LogP contribution is 2.38. The topological polar surface area (TPSA) is 57.4 Å². The summed E-state index contributed by atoms with van der Waals surface area (Å²) in [6, 6.07) is 16.4. The van der Waals surface area contributed by atoms with Crippen molar-refractivity contribution in [2.24, 2.45) is 5.73 Å². The second kappa shape index (κ2) is 8.55. The molecule has 1 aliphatic rings. The van der Waals surface area contributed by atoms with Gasteiger partial charge >= 0.3 is 0 Å². The van der Waals surface area contributed by atoms with Gasteiger partial charge in [-0.25, -0.2) is 4.98 Å². The number of hydrogen-bond donors (Lipinski definition) is 1. The van der Waals surface area contributed by atoms with E-state index in [-0.39, 0.29) is 6.10 Å². The van der Waals surface area contributed by atoms with Crippen molar-refractivity contribution >= 4 is 11.3 Å². The van der Waals surface area contributed by atoms with Crippen molar-refractivity contribution in [1.29, 1.82) is 0 Å². The summed E-state index contributed by atoms with van der Waals surface area (Å²) in [5.74, 6) is 1.77. The van der Waals surface area contributed by atoms with Crippen molar-refractivity contribution in [3.8, 4) is 16.7 Å². The van der Waals surface area contributed by atoms with Gasteiger partial charge in [0, 0.05) is 11.1 Å². The van der Waals surface area contributed by atoms with Gasteiger partial charge in [-0.2, -0.15) is 0 Å². The molecule has 1 aliphatic heterocycles. The van der Waals surface area contributed by atoms with Gasteiger partial charge in [0.05, 0.1) is 0 Å². The van der Waals surface area contributed by atoms with Gasteiger partial charge in [0.2, 0.25) is 0 Å². The number of fused-ring (bicyclic) bond motifs is 1. The molecule has 2 heterocycles.